The summed E-state index contributed by atoms with van der Waals surface area (Å²) in [6.07, 6.45) is 2.49. The molecule has 1 saturated heterocycles. The fraction of sp³-hybridized carbons (Fsp3) is 0.185. The summed E-state index contributed by atoms with van der Waals surface area (Å²) < 4.78 is 18.7. The number of benzene rings is 2. The van der Waals surface area contributed by atoms with Crippen LogP contribution < -0.4 is 25.7 Å². The lowest BCUT2D eigenvalue weighted by Gasteiger charge is -2.11. The lowest BCUT2D eigenvalue weighted by molar-refractivity contribution is -0.135. The summed E-state index contributed by atoms with van der Waals surface area (Å²) in [5.41, 5.74) is 1.66. The van der Waals surface area contributed by atoms with Crippen LogP contribution in [-0.2, 0) is 26.2 Å². The number of para-hydroxylation sites is 1. The molecule has 1 fully saturated rings. The van der Waals surface area contributed by atoms with E-state index >= 15 is 0 Å². The van der Waals surface area contributed by atoms with Gasteiger partial charge in [-0.3, -0.25) is 24.4 Å². The van der Waals surface area contributed by atoms with E-state index < -0.39 is 17.8 Å². The predicted octanol–water partition coefficient (Wildman–Crippen LogP) is 2.12. The first-order chi connectivity index (χ1) is 19.7. The number of rotatable bonds is 9. The Morgan fingerprint density at radius 1 is 1.10 bits per heavy atom. The molecule has 0 saturated carbocycles. The van der Waals surface area contributed by atoms with Crippen LogP contribution in [0.25, 0.3) is 5.69 Å². The summed E-state index contributed by atoms with van der Waals surface area (Å²) >= 11 is 0.951. The minimum atomic E-state index is -0.652. The fourth-order valence-electron chi connectivity index (χ4n) is 3.70. The van der Waals surface area contributed by atoms with E-state index in [0.29, 0.717) is 28.4 Å². The minimum Gasteiger partial charge on any atom is -0.493 e. The van der Waals surface area contributed by atoms with Gasteiger partial charge in [0.2, 0.25) is 0 Å². The van der Waals surface area contributed by atoms with E-state index in [0.717, 1.165) is 17.8 Å². The van der Waals surface area contributed by atoms with Gasteiger partial charge in [0.05, 0.1) is 36.7 Å². The van der Waals surface area contributed by atoms with Crippen molar-refractivity contribution in [2.45, 2.75) is 6.92 Å². The number of amidine groups is 1. The molecule has 212 valence electrons. The molecule has 0 unspecified atom stereocenters. The van der Waals surface area contributed by atoms with E-state index in [-0.39, 0.29) is 27.9 Å². The first-order valence-corrected chi connectivity index (χ1v) is 12.9. The van der Waals surface area contributed by atoms with E-state index in [1.807, 2.05) is 18.2 Å². The quantitative estimate of drug-likeness (QED) is 0.169. The van der Waals surface area contributed by atoms with Gasteiger partial charge in [0, 0.05) is 13.1 Å². The zero-order chi connectivity index (χ0) is 29.5. The number of esters is 1. The summed E-state index contributed by atoms with van der Waals surface area (Å²) in [6.45, 7) is 1.37. The Morgan fingerprint density at radius 2 is 1.85 bits per heavy atom. The first kappa shape index (κ1) is 28.9. The number of thioether (sulfide) groups is 1. The van der Waals surface area contributed by atoms with Gasteiger partial charge in [-0.2, -0.15) is 5.10 Å². The van der Waals surface area contributed by atoms with Crippen LogP contribution in [0.2, 0.25) is 0 Å². The molecule has 1 aromatic heterocycles. The van der Waals surface area contributed by atoms with Gasteiger partial charge in [0.25, 0.3) is 17.4 Å². The van der Waals surface area contributed by atoms with E-state index in [1.54, 1.807) is 49.0 Å². The molecule has 0 bridgehead atoms. The third-order valence-corrected chi connectivity index (χ3v) is 6.72. The van der Waals surface area contributed by atoms with Gasteiger partial charge < -0.3 is 19.5 Å². The molecule has 2 amide bonds. The average Bonchev–Trinajstić information content (AvgIpc) is 3.42. The fourth-order valence-corrected chi connectivity index (χ4v) is 4.44. The van der Waals surface area contributed by atoms with Crippen molar-refractivity contribution in [3.05, 3.63) is 81.1 Å². The number of aromatic nitrogens is 2. The number of methoxy groups -OCH3 is 2. The van der Waals surface area contributed by atoms with E-state index in [2.05, 4.69) is 25.6 Å². The standard InChI is InChI=1S/C27H26N6O7S/c1-16-24(26(37)33(32(16)2)18-8-6-5-7-9-18)29-22(34)15-40-19-11-10-17(12-20(19)38-3)14-28-31-27-30-25(36)21(41-27)13-23(35)39-4/h5-14H,15H2,1-4H3,(H,29,34)(H,30,31,36)/b21-13+,28-14?. The maximum Gasteiger partial charge on any atom is 0.331 e. The molecule has 1 aliphatic heterocycles. The third kappa shape index (κ3) is 6.73. The first-order valence-electron chi connectivity index (χ1n) is 12.1. The molecule has 4 rings (SSSR count). The van der Waals surface area contributed by atoms with Crippen molar-refractivity contribution >= 4 is 46.6 Å². The van der Waals surface area contributed by atoms with Gasteiger partial charge in [0.15, 0.2) is 23.3 Å². The van der Waals surface area contributed by atoms with Crippen LogP contribution >= 0.6 is 11.8 Å². The number of anilines is 1. The molecule has 14 heteroatoms. The van der Waals surface area contributed by atoms with Crippen LogP contribution in [0, 0.1) is 6.92 Å². The van der Waals surface area contributed by atoms with Crippen molar-refractivity contribution in [1.82, 2.24) is 14.7 Å². The molecule has 13 nitrogen and oxygen atoms in total. The van der Waals surface area contributed by atoms with Gasteiger partial charge in [-0.1, -0.05) is 18.2 Å². The molecular formula is C27H26N6O7S. The van der Waals surface area contributed by atoms with E-state index in [4.69, 9.17) is 9.47 Å². The zero-order valence-corrected chi connectivity index (χ0v) is 23.4. The Balaban J connectivity index is 1.39. The molecule has 2 N–H and O–H groups in total. The molecular weight excluding hydrogens is 552 g/mol. The van der Waals surface area contributed by atoms with Crippen LogP contribution in [0.1, 0.15) is 11.3 Å². The van der Waals surface area contributed by atoms with E-state index in [1.165, 1.54) is 25.1 Å². The molecule has 41 heavy (non-hydrogen) atoms. The Labute approximate surface area is 238 Å². The SMILES string of the molecule is COC(=O)/C=C1/S/C(=N\N=Cc2ccc(OCC(=O)Nc3c(C)n(C)n(-c4ccccc4)c3=O)c(OC)c2)NC1=O. The number of amides is 2. The van der Waals surface area contributed by atoms with Crippen LogP contribution in [0.15, 0.2) is 74.5 Å². The number of hydrogen-bond acceptors (Lipinski definition) is 10. The van der Waals surface area contributed by atoms with Gasteiger partial charge in [0.1, 0.15) is 5.69 Å². The molecule has 0 atom stereocenters. The van der Waals surface area contributed by atoms with Crippen molar-refractivity contribution in [2.24, 2.45) is 17.3 Å². The molecule has 3 aromatic rings. The smallest absolute Gasteiger partial charge is 0.331 e. The summed E-state index contributed by atoms with van der Waals surface area (Å²) in [4.78, 5) is 49.1. The Bertz CT molecular complexity index is 1640. The highest BCUT2D eigenvalue weighted by Gasteiger charge is 2.25. The van der Waals surface area contributed by atoms with Gasteiger partial charge in [-0.15, -0.1) is 5.10 Å². The number of ether oxygens (including phenoxy) is 3. The second-order valence-electron chi connectivity index (χ2n) is 8.42. The second-order valence-corrected chi connectivity index (χ2v) is 9.45. The Hall–Kier alpha value is -5.11. The van der Waals surface area contributed by atoms with Gasteiger partial charge in [-0.25, -0.2) is 9.48 Å². The molecule has 0 radical (unpaired) electrons. The number of carbonyl (C=O) groups is 3. The Kier molecular flexibility index (Phi) is 9.04. The normalized spacial score (nSPS) is 14.9. The molecule has 1 aliphatic rings. The van der Waals surface area contributed by atoms with Gasteiger partial charge >= 0.3 is 5.97 Å². The number of nitrogens with zero attached hydrogens (tertiary/aromatic N) is 4. The summed E-state index contributed by atoms with van der Waals surface area (Å²) in [5, 5.41) is 13.2. The van der Waals surface area contributed by atoms with Gasteiger partial charge in [-0.05, 0) is 54.6 Å². The van der Waals surface area contributed by atoms with Crippen LogP contribution in [0.3, 0.4) is 0 Å². The highest BCUT2D eigenvalue weighted by atomic mass is 32.2. The Morgan fingerprint density at radius 3 is 2.56 bits per heavy atom. The van der Waals surface area contributed by atoms with Crippen molar-refractivity contribution < 1.29 is 28.6 Å². The zero-order valence-electron chi connectivity index (χ0n) is 22.5. The summed E-state index contributed by atoms with van der Waals surface area (Å²) in [5.74, 6) is -1.01. The average molecular weight is 579 g/mol. The van der Waals surface area contributed by atoms with Crippen molar-refractivity contribution in [2.75, 3.05) is 26.1 Å². The lowest BCUT2D eigenvalue weighted by atomic mass is 10.2. The highest BCUT2D eigenvalue weighted by Crippen LogP contribution is 2.28. The second kappa shape index (κ2) is 12.8. The highest BCUT2D eigenvalue weighted by molar-refractivity contribution is 8.18. The number of carbonyl (C=O) groups excluding carboxylic acids is 3. The monoisotopic (exact) mass is 578 g/mol. The minimum absolute atomic E-state index is 0.141. The molecule has 2 heterocycles. The molecule has 0 aliphatic carbocycles. The third-order valence-electron chi connectivity index (χ3n) is 5.82. The lowest BCUT2D eigenvalue weighted by Crippen LogP contribution is -2.25. The largest absolute Gasteiger partial charge is 0.493 e. The molecule has 0 spiro atoms. The van der Waals surface area contributed by atoms with Crippen LogP contribution in [-0.4, -0.2) is 59.4 Å². The summed E-state index contributed by atoms with van der Waals surface area (Å²) in [7, 11) is 4.40. The summed E-state index contributed by atoms with van der Waals surface area (Å²) in [6, 6.07) is 14.0. The van der Waals surface area contributed by atoms with Crippen LogP contribution in [0.4, 0.5) is 5.69 Å². The molecule has 2 aromatic carbocycles. The van der Waals surface area contributed by atoms with Crippen molar-refractivity contribution in [3.63, 3.8) is 0 Å². The van der Waals surface area contributed by atoms with E-state index in [9.17, 15) is 19.2 Å². The van der Waals surface area contributed by atoms with Crippen molar-refractivity contribution in [3.8, 4) is 17.2 Å². The number of hydrogen-bond donors (Lipinski definition) is 2. The number of nitrogens with one attached hydrogen (secondary N) is 2. The predicted molar refractivity (Wildman–Crippen MR) is 154 cm³/mol. The maximum atomic E-state index is 13.0. The topological polar surface area (TPSA) is 155 Å². The van der Waals surface area contributed by atoms with Crippen LogP contribution in [0.5, 0.6) is 11.5 Å². The van der Waals surface area contributed by atoms with Crippen molar-refractivity contribution in [1.29, 1.82) is 0 Å². The maximum absolute atomic E-state index is 13.0.